The second-order valence-electron chi connectivity index (χ2n) is 3.62. The molecule has 0 saturated heterocycles. The Morgan fingerprint density at radius 3 is 2.81 bits per heavy atom. The molecule has 0 amide bonds. The molecular weight excluding hydrogens is 227 g/mol. The molecule has 1 aromatic heterocycles. The van der Waals surface area contributed by atoms with Gasteiger partial charge in [0.05, 0.1) is 6.54 Å². The van der Waals surface area contributed by atoms with Gasteiger partial charge in [-0.05, 0) is 30.3 Å². The third-order valence-corrected chi connectivity index (χ3v) is 2.61. The number of anilines is 1. The lowest BCUT2D eigenvalue weighted by atomic mass is 10.3. The van der Waals surface area contributed by atoms with Gasteiger partial charge in [-0.3, -0.25) is 0 Å². The molecule has 2 aromatic rings. The number of aromatic nitrogens is 1. The van der Waals surface area contributed by atoms with Crippen LogP contribution in [0.2, 0.25) is 5.02 Å². The fourth-order valence-electron chi connectivity index (χ4n) is 1.53. The summed E-state index contributed by atoms with van der Waals surface area (Å²) in [5, 5.41) is 3.52. The Hall–Kier alpha value is -1.48. The van der Waals surface area contributed by atoms with Crippen LogP contribution in [0.3, 0.4) is 0 Å². The highest BCUT2D eigenvalue weighted by Gasteiger charge is 2.00. The average molecular weight is 239 g/mol. The number of rotatable bonds is 3. The molecule has 0 aliphatic rings. The number of halogens is 2. The van der Waals surface area contributed by atoms with E-state index in [4.69, 9.17) is 11.6 Å². The maximum atomic E-state index is 13.0. The molecule has 0 radical (unpaired) electrons. The smallest absolute Gasteiger partial charge is 0.126 e. The van der Waals surface area contributed by atoms with E-state index in [0.717, 1.165) is 5.69 Å². The van der Waals surface area contributed by atoms with Crippen molar-refractivity contribution in [3.05, 3.63) is 53.1 Å². The molecule has 0 bridgehead atoms. The van der Waals surface area contributed by atoms with Gasteiger partial charge >= 0.3 is 0 Å². The summed E-state index contributed by atoms with van der Waals surface area (Å²) >= 11 is 5.76. The molecule has 1 aromatic carbocycles. The quantitative estimate of drug-likeness (QED) is 0.867. The molecule has 0 saturated carbocycles. The lowest BCUT2D eigenvalue weighted by Gasteiger charge is -2.08. The van der Waals surface area contributed by atoms with Gasteiger partial charge < -0.3 is 9.88 Å². The molecule has 2 nitrogen and oxygen atoms in total. The minimum atomic E-state index is -0.332. The van der Waals surface area contributed by atoms with Gasteiger partial charge in [0, 0.05) is 29.6 Å². The Bertz CT molecular complexity index is 473. The summed E-state index contributed by atoms with van der Waals surface area (Å²) in [5.74, 6) is -0.332. The highest BCUT2D eigenvalue weighted by molar-refractivity contribution is 6.30. The monoisotopic (exact) mass is 238 g/mol. The number of hydrogen-bond donors (Lipinski definition) is 1. The number of nitrogens with one attached hydrogen (secondary N) is 1. The van der Waals surface area contributed by atoms with Crippen LogP contribution in [0.25, 0.3) is 0 Å². The van der Waals surface area contributed by atoms with Crippen LogP contribution in [-0.4, -0.2) is 4.57 Å². The molecule has 0 aliphatic heterocycles. The molecule has 1 heterocycles. The van der Waals surface area contributed by atoms with Crippen molar-refractivity contribution in [1.29, 1.82) is 0 Å². The largest absolute Gasteiger partial charge is 0.379 e. The minimum absolute atomic E-state index is 0.332. The lowest BCUT2D eigenvalue weighted by Crippen LogP contribution is -2.04. The summed E-state index contributed by atoms with van der Waals surface area (Å²) in [6.45, 7) is 0.642. The molecule has 4 heteroatoms. The minimum Gasteiger partial charge on any atom is -0.379 e. The van der Waals surface area contributed by atoms with E-state index in [9.17, 15) is 4.39 Å². The maximum absolute atomic E-state index is 13.0. The van der Waals surface area contributed by atoms with E-state index in [0.29, 0.717) is 17.3 Å². The molecule has 1 N–H and O–H groups in total. The van der Waals surface area contributed by atoms with Gasteiger partial charge in [0.15, 0.2) is 0 Å². The van der Waals surface area contributed by atoms with Crippen molar-refractivity contribution in [2.75, 3.05) is 5.32 Å². The Labute approximate surface area is 98.7 Å². The fourth-order valence-corrected chi connectivity index (χ4v) is 1.75. The predicted molar refractivity (Wildman–Crippen MR) is 64.1 cm³/mol. The van der Waals surface area contributed by atoms with Crippen LogP contribution in [0.1, 0.15) is 5.69 Å². The van der Waals surface area contributed by atoms with E-state index >= 15 is 0 Å². The first-order chi connectivity index (χ1) is 7.65. The first-order valence-electron chi connectivity index (χ1n) is 4.95. The highest BCUT2D eigenvalue weighted by atomic mass is 35.5. The van der Waals surface area contributed by atoms with Crippen LogP contribution in [0.5, 0.6) is 0 Å². The summed E-state index contributed by atoms with van der Waals surface area (Å²) in [4.78, 5) is 0. The maximum Gasteiger partial charge on any atom is 0.126 e. The van der Waals surface area contributed by atoms with Gasteiger partial charge in [-0.25, -0.2) is 4.39 Å². The van der Waals surface area contributed by atoms with Gasteiger partial charge in [0.2, 0.25) is 0 Å². The van der Waals surface area contributed by atoms with Gasteiger partial charge in [-0.2, -0.15) is 0 Å². The first-order valence-corrected chi connectivity index (χ1v) is 5.33. The Morgan fingerprint density at radius 1 is 1.38 bits per heavy atom. The van der Waals surface area contributed by atoms with E-state index < -0.39 is 0 Å². The van der Waals surface area contributed by atoms with E-state index in [1.165, 1.54) is 12.1 Å². The predicted octanol–water partition coefficient (Wildman–Crippen LogP) is 3.43. The zero-order chi connectivity index (χ0) is 11.5. The molecule has 16 heavy (non-hydrogen) atoms. The van der Waals surface area contributed by atoms with Crippen LogP contribution >= 0.6 is 11.6 Å². The molecule has 0 unspecified atom stereocenters. The first kappa shape index (κ1) is 11.0. The second kappa shape index (κ2) is 4.58. The molecule has 0 fully saturated rings. The summed E-state index contributed by atoms with van der Waals surface area (Å²) in [5.41, 5.74) is 1.81. The highest BCUT2D eigenvalue weighted by Crippen LogP contribution is 2.18. The third-order valence-electron chi connectivity index (χ3n) is 2.39. The van der Waals surface area contributed by atoms with Crippen LogP contribution < -0.4 is 5.32 Å². The van der Waals surface area contributed by atoms with Gasteiger partial charge in [0.1, 0.15) is 5.82 Å². The van der Waals surface area contributed by atoms with Crippen molar-refractivity contribution in [1.82, 2.24) is 4.57 Å². The molecule has 2 rings (SSSR count). The Balaban J connectivity index is 2.07. The van der Waals surface area contributed by atoms with Crippen LogP contribution in [-0.2, 0) is 13.6 Å². The van der Waals surface area contributed by atoms with Crippen molar-refractivity contribution >= 4 is 17.3 Å². The topological polar surface area (TPSA) is 17.0 Å². The average Bonchev–Trinajstić information content (AvgIpc) is 2.59. The van der Waals surface area contributed by atoms with Crippen molar-refractivity contribution in [3.63, 3.8) is 0 Å². The van der Waals surface area contributed by atoms with E-state index in [2.05, 4.69) is 5.32 Å². The van der Waals surface area contributed by atoms with Crippen molar-refractivity contribution < 1.29 is 4.39 Å². The summed E-state index contributed by atoms with van der Waals surface area (Å²) in [7, 11) is 1.97. The summed E-state index contributed by atoms with van der Waals surface area (Å²) < 4.78 is 15.1. The fraction of sp³-hybridized carbons (Fsp3) is 0.167. The Kier molecular flexibility index (Phi) is 3.15. The number of benzene rings is 1. The summed E-state index contributed by atoms with van der Waals surface area (Å²) in [6.07, 6.45) is 1.97. The normalized spacial score (nSPS) is 10.4. The van der Waals surface area contributed by atoms with Crippen LogP contribution in [0, 0.1) is 5.82 Å². The van der Waals surface area contributed by atoms with Crippen LogP contribution in [0.15, 0.2) is 36.5 Å². The molecule has 0 aliphatic carbocycles. The lowest BCUT2D eigenvalue weighted by molar-refractivity contribution is 0.628. The van der Waals surface area contributed by atoms with E-state index in [1.54, 1.807) is 6.07 Å². The van der Waals surface area contributed by atoms with Crippen LogP contribution in [0.4, 0.5) is 10.1 Å². The number of hydrogen-bond acceptors (Lipinski definition) is 1. The molecule has 0 spiro atoms. The zero-order valence-corrected chi connectivity index (χ0v) is 9.63. The Morgan fingerprint density at radius 2 is 2.19 bits per heavy atom. The van der Waals surface area contributed by atoms with Gasteiger partial charge in [-0.1, -0.05) is 11.6 Å². The van der Waals surface area contributed by atoms with Crippen molar-refractivity contribution in [2.45, 2.75) is 6.54 Å². The van der Waals surface area contributed by atoms with Crippen molar-refractivity contribution in [2.24, 2.45) is 7.05 Å². The molecule has 0 atom stereocenters. The molecular formula is C12H12ClFN2. The number of nitrogens with zero attached hydrogens (tertiary/aromatic N) is 1. The zero-order valence-electron chi connectivity index (χ0n) is 8.87. The summed E-state index contributed by atoms with van der Waals surface area (Å²) in [6, 6.07) is 8.39. The third kappa shape index (κ3) is 2.55. The van der Waals surface area contributed by atoms with Crippen molar-refractivity contribution in [3.8, 4) is 0 Å². The SMILES string of the molecule is Cn1cccc1CNc1cc(F)cc(Cl)c1. The molecule has 84 valence electrons. The van der Waals surface area contributed by atoms with Gasteiger partial charge in [-0.15, -0.1) is 0 Å². The van der Waals surface area contributed by atoms with E-state index in [-0.39, 0.29) is 5.82 Å². The second-order valence-corrected chi connectivity index (χ2v) is 4.06. The van der Waals surface area contributed by atoms with Gasteiger partial charge in [0.25, 0.3) is 0 Å². The standard InChI is InChI=1S/C12H12ClFN2/c1-16-4-2-3-12(16)8-15-11-6-9(13)5-10(14)7-11/h2-7,15H,8H2,1H3. The van der Waals surface area contributed by atoms with E-state index in [1.807, 2.05) is 29.9 Å². The number of aryl methyl sites for hydroxylation is 1.